The third-order valence-electron chi connectivity index (χ3n) is 3.71. The van der Waals surface area contributed by atoms with E-state index in [1.165, 1.54) is 0 Å². The van der Waals surface area contributed by atoms with Gasteiger partial charge in [0.1, 0.15) is 5.75 Å². The van der Waals surface area contributed by atoms with Crippen molar-refractivity contribution in [1.82, 2.24) is 16.2 Å². The first-order valence-corrected chi connectivity index (χ1v) is 8.97. The minimum atomic E-state index is -0.198. The number of benzene rings is 2. The second-order valence-corrected chi connectivity index (χ2v) is 6.64. The molecule has 0 radical (unpaired) electrons. The second-order valence-electron chi connectivity index (χ2n) is 5.80. The smallest absolute Gasteiger partial charge is 0.242 e. The lowest BCUT2D eigenvalue weighted by Crippen LogP contribution is -2.47. The van der Waals surface area contributed by atoms with Gasteiger partial charge in [0.2, 0.25) is 5.91 Å². The van der Waals surface area contributed by atoms with Crippen molar-refractivity contribution in [3.63, 3.8) is 0 Å². The number of methoxy groups -OCH3 is 1. The maximum Gasteiger partial charge on any atom is 0.242 e. The molecule has 5 nitrogen and oxygen atoms in total. The molecule has 0 saturated heterocycles. The van der Waals surface area contributed by atoms with Crippen molar-refractivity contribution in [3.05, 3.63) is 64.2 Å². The molecule has 3 N–H and O–H groups in total. The number of aryl methyl sites for hydroxylation is 1. The molecule has 0 fully saturated rings. The van der Waals surface area contributed by atoms with Gasteiger partial charge in [-0.3, -0.25) is 15.6 Å². The van der Waals surface area contributed by atoms with Crippen LogP contribution in [0.3, 0.4) is 0 Å². The first kappa shape index (κ1) is 20.0. The standard InChI is InChI=1S/C19H22ClN3O2S/c1-13-3-8-17(25-2)15(11-13)12-18(24)22-23-19(26)21-10-9-14-4-6-16(20)7-5-14/h3-8,11H,9-10,12H2,1-2H3,(H,22,24)(H2,21,23,26). The first-order chi connectivity index (χ1) is 12.5. The van der Waals surface area contributed by atoms with Crippen molar-refractivity contribution in [2.75, 3.05) is 13.7 Å². The molecule has 0 saturated carbocycles. The molecule has 7 heteroatoms. The minimum Gasteiger partial charge on any atom is -0.496 e. The van der Waals surface area contributed by atoms with Crippen LogP contribution in [0.25, 0.3) is 0 Å². The van der Waals surface area contributed by atoms with E-state index >= 15 is 0 Å². The van der Waals surface area contributed by atoms with Crippen molar-refractivity contribution in [2.24, 2.45) is 0 Å². The number of hydrazine groups is 1. The van der Waals surface area contributed by atoms with Gasteiger partial charge in [-0.05, 0) is 49.3 Å². The second kappa shape index (κ2) is 9.99. The Morgan fingerprint density at radius 3 is 2.58 bits per heavy atom. The zero-order chi connectivity index (χ0) is 18.9. The quantitative estimate of drug-likeness (QED) is 0.522. The van der Waals surface area contributed by atoms with E-state index in [0.717, 1.165) is 23.1 Å². The summed E-state index contributed by atoms with van der Waals surface area (Å²) in [6, 6.07) is 13.4. The summed E-state index contributed by atoms with van der Waals surface area (Å²) in [5, 5.41) is 4.12. The van der Waals surface area contributed by atoms with E-state index in [2.05, 4.69) is 16.2 Å². The third kappa shape index (κ3) is 6.54. The van der Waals surface area contributed by atoms with Crippen LogP contribution in [0.4, 0.5) is 0 Å². The Bertz CT molecular complexity index is 766. The van der Waals surface area contributed by atoms with Gasteiger partial charge < -0.3 is 10.1 Å². The van der Waals surface area contributed by atoms with Crippen LogP contribution in [0.5, 0.6) is 5.75 Å². The normalized spacial score (nSPS) is 10.1. The van der Waals surface area contributed by atoms with Crippen LogP contribution in [0.15, 0.2) is 42.5 Å². The molecule has 2 aromatic carbocycles. The number of amides is 1. The van der Waals surface area contributed by atoms with Gasteiger partial charge in [-0.15, -0.1) is 0 Å². The number of thiocarbonyl (C=S) groups is 1. The first-order valence-electron chi connectivity index (χ1n) is 8.18. The molecule has 0 spiro atoms. The average molecular weight is 392 g/mol. The molecule has 26 heavy (non-hydrogen) atoms. The maximum absolute atomic E-state index is 12.1. The van der Waals surface area contributed by atoms with Gasteiger partial charge in [-0.25, -0.2) is 0 Å². The number of carbonyl (C=O) groups is 1. The van der Waals surface area contributed by atoms with Gasteiger partial charge in [0, 0.05) is 17.1 Å². The summed E-state index contributed by atoms with van der Waals surface area (Å²) in [5.41, 5.74) is 8.35. The predicted molar refractivity (Wildman–Crippen MR) is 108 cm³/mol. The molecular weight excluding hydrogens is 370 g/mol. The van der Waals surface area contributed by atoms with Gasteiger partial charge in [0.25, 0.3) is 0 Å². The number of halogens is 1. The van der Waals surface area contributed by atoms with E-state index in [-0.39, 0.29) is 12.3 Å². The summed E-state index contributed by atoms with van der Waals surface area (Å²) in [7, 11) is 1.59. The van der Waals surface area contributed by atoms with Crippen LogP contribution < -0.4 is 20.9 Å². The molecule has 0 aliphatic carbocycles. The largest absolute Gasteiger partial charge is 0.496 e. The lowest BCUT2D eigenvalue weighted by atomic mass is 10.1. The lowest BCUT2D eigenvalue weighted by molar-refractivity contribution is -0.121. The Balaban J connectivity index is 1.72. The summed E-state index contributed by atoms with van der Waals surface area (Å²) in [6.07, 6.45) is 0.999. The number of nitrogens with one attached hydrogen (secondary N) is 3. The molecule has 0 unspecified atom stereocenters. The molecule has 1 amide bonds. The van der Waals surface area contributed by atoms with Crippen LogP contribution in [0.2, 0.25) is 5.02 Å². The summed E-state index contributed by atoms with van der Waals surface area (Å²) in [6.45, 7) is 2.62. The fourth-order valence-electron chi connectivity index (χ4n) is 2.40. The fraction of sp³-hybridized carbons (Fsp3) is 0.263. The predicted octanol–water partition coefficient (Wildman–Crippen LogP) is 2.94. The van der Waals surface area contributed by atoms with Gasteiger partial charge >= 0.3 is 0 Å². The van der Waals surface area contributed by atoms with Crippen molar-refractivity contribution >= 4 is 34.8 Å². The molecule has 0 aliphatic rings. The van der Waals surface area contributed by atoms with E-state index < -0.39 is 0 Å². The highest BCUT2D eigenvalue weighted by molar-refractivity contribution is 7.80. The van der Waals surface area contributed by atoms with E-state index in [1.807, 2.05) is 49.4 Å². The zero-order valence-corrected chi connectivity index (χ0v) is 16.3. The molecule has 2 rings (SSSR count). The highest BCUT2D eigenvalue weighted by Crippen LogP contribution is 2.19. The molecule has 0 aliphatic heterocycles. The van der Waals surface area contributed by atoms with Crippen LogP contribution >= 0.6 is 23.8 Å². The van der Waals surface area contributed by atoms with E-state index in [4.69, 9.17) is 28.6 Å². The van der Waals surface area contributed by atoms with Gasteiger partial charge in [-0.2, -0.15) is 0 Å². The lowest BCUT2D eigenvalue weighted by Gasteiger charge is -2.13. The van der Waals surface area contributed by atoms with Crippen molar-refractivity contribution < 1.29 is 9.53 Å². The summed E-state index contributed by atoms with van der Waals surface area (Å²) in [4.78, 5) is 12.1. The number of carbonyl (C=O) groups excluding carboxylic acids is 1. The SMILES string of the molecule is COc1ccc(C)cc1CC(=O)NNC(=S)NCCc1ccc(Cl)cc1. The van der Waals surface area contributed by atoms with Crippen molar-refractivity contribution in [2.45, 2.75) is 19.8 Å². The molecule has 138 valence electrons. The Kier molecular flexibility index (Phi) is 7.69. The van der Waals surface area contributed by atoms with E-state index in [9.17, 15) is 4.79 Å². The molecular formula is C19H22ClN3O2S. The Morgan fingerprint density at radius 1 is 1.15 bits per heavy atom. The van der Waals surface area contributed by atoms with Crippen molar-refractivity contribution in [1.29, 1.82) is 0 Å². The topological polar surface area (TPSA) is 62.4 Å². The van der Waals surface area contributed by atoms with Gasteiger partial charge in [0.15, 0.2) is 5.11 Å². The molecule has 0 bridgehead atoms. The number of rotatable bonds is 6. The molecule has 0 heterocycles. The van der Waals surface area contributed by atoms with Crippen LogP contribution in [0.1, 0.15) is 16.7 Å². The van der Waals surface area contributed by atoms with E-state index in [0.29, 0.717) is 22.4 Å². The zero-order valence-electron chi connectivity index (χ0n) is 14.8. The number of hydrogen-bond donors (Lipinski definition) is 3. The summed E-state index contributed by atoms with van der Waals surface area (Å²) in [5.74, 6) is 0.491. The Morgan fingerprint density at radius 2 is 1.88 bits per heavy atom. The monoisotopic (exact) mass is 391 g/mol. The molecule has 0 atom stereocenters. The number of hydrogen-bond acceptors (Lipinski definition) is 3. The highest BCUT2D eigenvalue weighted by Gasteiger charge is 2.09. The summed E-state index contributed by atoms with van der Waals surface area (Å²) < 4.78 is 5.28. The minimum absolute atomic E-state index is 0.198. The summed E-state index contributed by atoms with van der Waals surface area (Å²) >= 11 is 11.0. The fourth-order valence-corrected chi connectivity index (χ4v) is 2.68. The van der Waals surface area contributed by atoms with Gasteiger partial charge in [0.05, 0.1) is 13.5 Å². The Hall–Kier alpha value is -2.31. The molecule has 2 aromatic rings. The van der Waals surface area contributed by atoms with Gasteiger partial charge in [-0.1, -0.05) is 41.4 Å². The van der Waals surface area contributed by atoms with Crippen LogP contribution in [-0.2, 0) is 17.6 Å². The maximum atomic E-state index is 12.1. The Labute approximate surface area is 164 Å². The third-order valence-corrected chi connectivity index (χ3v) is 4.21. The number of ether oxygens (including phenoxy) is 1. The highest BCUT2D eigenvalue weighted by atomic mass is 35.5. The van der Waals surface area contributed by atoms with Crippen molar-refractivity contribution in [3.8, 4) is 5.75 Å². The van der Waals surface area contributed by atoms with Crippen LogP contribution in [-0.4, -0.2) is 24.7 Å². The average Bonchev–Trinajstić information content (AvgIpc) is 2.62. The van der Waals surface area contributed by atoms with E-state index in [1.54, 1.807) is 7.11 Å². The van der Waals surface area contributed by atoms with Crippen LogP contribution in [0, 0.1) is 6.92 Å². The molecule has 0 aromatic heterocycles.